The zero-order chi connectivity index (χ0) is 23.8. The summed E-state index contributed by atoms with van der Waals surface area (Å²) in [7, 11) is 0. The molecule has 0 saturated heterocycles. The number of aromatic nitrogens is 2. The predicted octanol–water partition coefficient (Wildman–Crippen LogP) is 6.14. The quantitative estimate of drug-likeness (QED) is 0.349. The lowest BCUT2D eigenvalue weighted by atomic mass is 9.89. The van der Waals surface area contributed by atoms with E-state index >= 15 is 0 Å². The fourth-order valence-electron chi connectivity index (χ4n) is 4.98. The van der Waals surface area contributed by atoms with Crippen LogP contribution in [0.15, 0.2) is 42.5 Å². The monoisotopic (exact) mass is 461 g/mol. The molecule has 3 aromatic rings. The molecule has 1 heterocycles. The molecule has 0 aliphatic heterocycles. The maximum atomic E-state index is 12.3. The van der Waals surface area contributed by atoms with Crippen LogP contribution in [0.3, 0.4) is 0 Å². The molecule has 0 bridgehead atoms. The van der Waals surface area contributed by atoms with E-state index in [1.54, 1.807) is 0 Å². The summed E-state index contributed by atoms with van der Waals surface area (Å²) in [6, 6.07) is 14.7. The van der Waals surface area contributed by atoms with Gasteiger partial charge in [-0.1, -0.05) is 49.9 Å². The Bertz CT molecular complexity index is 1080. The molecule has 182 valence electrons. The fraction of sp³-hybridized carbons (Fsp3) is 0.517. The van der Waals surface area contributed by atoms with E-state index < -0.39 is 0 Å². The summed E-state index contributed by atoms with van der Waals surface area (Å²) in [6.07, 6.45) is 9.94. The minimum atomic E-state index is 0.250. The Morgan fingerprint density at radius 3 is 2.74 bits per heavy atom. The number of nitrogens with zero attached hydrogens (tertiary/aromatic N) is 2. The smallest absolute Gasteiger partial charge is 0.223 e. The fourth-order valence-corrected chi connectivity index (χ4v) is 4.98. The topological polar surface area (TPSA) is 56.1 Å². The van der Waals surface area contributed by atoms with Crippen molar-refractivity contribution in [3.05, 3.63) is 59.4 Å². The number of hydrogen-bond acceptors (Lipinski definition) is 3. The van der Waals surface area contributed by atoms with Crippen LogP contribution >= 0.6 is 0 Å². The molecule has 34 heavy (non-hydrogen) atoms. The van der Waals surface area contributed by atoms with E-state index in [4.69, 9.17) is 9.72 Å². The highest BCUT2D eigenvalue weighted by Gasteiger charge is 2.20. The van der Waals surface area contributed by atoms with Gasteiger partial charge >= 0.3 is 0 Å². The summed E-state index contributed by atoms with van der Waals surface area (Å²) in [5.41, 5.74) is 4.59. The van der Waals surface area contributed by atoms with E-state index in [1.165, 1.54) is 30.3 Å². The van der Waals surface area contributed by atoms with Crippen molar-refractivity contribution in [1.82, 2.24) is 14.9 Å². The van der Waals surface area contributed by atoms with Crippen molar-refractivity contribution >= 4 is 16.9 Å². The second-order valence-electron chi connectivity index (χ2n) is 9.72. The predicted molar refractivity (Wildman–Crippen MR) is 138 cm³/mol. The molecule has 1 N–H and O–H groups in total. The van der Waals surface area contributed by atoms with Gasteiger partial charge in [0.25, 0.3) is 0 Å². The van der Waals surface area contributed by atoms with Gasteiger partial charge in [-0.15, -0.1) is 0 Å². The molecule has 1 aliphatic carbocycles. The zero-order valence-electron chi connectivity index (χ0n) is 20.8. The zero-order valence-corrected chi connectivity index (χ0v) is 20.8. The number of unbranched alkanes of at least 4 members (excludes halogenated alkanes) is 2. The van der Waals surface area contributed by atoms with Crippen LogP contribution in [0.1, 0.15) is 68.3 Å². The van der Waals surface area contributed by atoms with Gasteiger partial charge in [0.2, 0.25) is 5.91 Å². The number of ether oxygens (including phenoxy) is 1. The lowest BCUT2D eigenvalue weighted by Crippen LogP contribution is -2.32. The highest BCUT2D eigenvalue weighted by atomic mass is 16.5. The third-order valence-electron chi connectivity index (χ3n) is 7.00. The first-order valence-electron chi connectivity index (χ1n) is 13.0. The van der Waals surface area contributed by atoms with Crippen molar-refractivity contribution in [2.75, 3.05) is 13.2 Å². The van der Waals surface area contributed by atoms with E-state index in [1.807, 2.05) is 6.07 Å². The largest absolute Gasteiger partial charge is 0.491 e. The Hall–Kier alpha value is -2.82. The van der Waals surface area contributed by atoms with Crippen molar-refractivity contribution in [3.63, 3.8) is 0 Å². The highest BCUT2D eigenvalue weighted by molar-refractivity contribution is 5.78. The summed E-state index contributed by atoms with van der Waals surface area (Å²) >= 11 is 0. The molecule has 0 radical (unpaired) electrons. The number of rotatable bonds is 11. The number of fused-ring (bicyclic) bond motifs is 1. The van der Waals surface area contributed by atoms with E-state index in [0.717, 1.165) is 74.3 Å². The molecule has 5 heteroatoms. The van der Waals surface area contributed by atoms with Crippen molar-refractivity contribution in [1.29, 1.82) is 0 Å². The third kappa shape index (κ3) is 6.40. The van der Waals surface area contributed by atoms with Gasteiger partial charge in [-0.25, -0.2) is 4.98 Å². The number of hydrogen-bond donors (Lipinski definition) is 1. The normalized spacial score (nSPS) is 14.4. The molecule has 1 amide bonds. The molecule has 1 aromatic heterocycles. The van der Waals surface area contributed by atoms with E-state index in [2.05, 4.69) is 60.1 Å². The van der Waals surface area contributed by atoms with Crippen molar-refractivity contribution in [2.45, 2.75) is 78.2 Å². The number of para-hydroxylation sites is 2. The van der Waals surface area contributed by atoms with E-state index in [0.29, 0.717) is 6.61 Å². The molecule has 1 saturated carbocycles. The van der Waals surface area contributed by atoms with Crippen LogP contribution in [0.25, 0.3) is 11.0 Å². The molecule has 0 spiro atoms. The van der Waals surface area contributed by atoms with Crippen LogP contribution in [0.5, 0.6) is 5.75 Å². The Labute approximate surface area is 203 Å². The minimum absolute atomic E-state index is 0.250. The molecule has 5 nitrogen and oxygen atoms in total. The SMILES string of the molecule is Cc1ccc(C)c(OCCn2c(CCCCCNC(=O)C3CCCCC3)nc3ccccc32)c1. The number of carbonyl (C=O) groups is 1. The summed E-state index contributed by atoms with van der Waals surface area (Å²) in [5, 5.41) is 3.16. The van der Waals surface area contributed by atoms with Crippen molar-refractivity contribution < 1.29 is 9.53 Å². The van der Waals surface area contributed by atoms with Gasteiger partial charge < -0.3 is 14.6 Å². The van der Waals surface area contributed by atoms with Gasteiger partial charge in [0.1, 0.15) is 18.2 Å². The number of nitrogens with one attached hydrogen (secondary N) is 1. The van der Waals surface area contributed by atoms with Crippen LogP contribution in [0.4, 0.5) is 0 Å². The van der Waals surface area contributed by atoms with E-state index in [9.17, 15) is 4.79 Å². The van der Waals surface area contributed by atoms with Crippen LogP contribution in [0.2, 0.25) is 0 Å². The van der Waals surface area contributed by atoms with Gasteiger partial charge in [0.15, 0.2) is 0 Å². The van der Waals surface area contributed by atoms with Crippen molar-refractivity contribution in [3.8, 4) is 5.75 Å². The van der Waals surface area contributed by atoms with Gasteiger partial charge in [-0.2, -0.15) is 0 Å². The van der Waals surface area contributed by atoms with Crippen LogP contribution in [-0.4, -0.2) is 28.6 Å². The third-order valence-corrected chi connectivity index (χ3v) is 7.00. The molecule has 0 unspecified atom stereocenters. The summed E-state index contributed by atoms with van der Waals surface area (Å²) in [4.78, 5) is 17.2. The Balaban J connectivity index is 1.27. The lowest BCUT2D eigenvalue weighted by Gasteiger charge is -2.20. The number of benzene rings is 2. The van der Waals surface area contributed by atoms with Gasteiger partial charge in [0.05, 0.1) is 17.6 Å². The number of aryl methyl sites for hydroxylation is 3. The molecule has 4 rings (SSSR count). The molecular weight excluding hydrogens is 422 g/mol. The molecular formula is C29H39N3O2. The second-order valence-corrected chi connectivity index (χ2v) is 9.72. The Morgan fingerprint density at radius 2 is 1.88 bits per heavy atom. The second kappa shape index (κ2) is 12.0. The summed E-state index contributed by atoms with van der Waals surface area (Å²) in [5.74, 6) is 2.60. The van der Waals surface area contributed by atoms with Gasteiger partial charge in [-0.3, -0.25) is 4.79 Å². The number of imidazole rings is 1. The first kappa shape index (κ1) is 24.3. The average Bonchev–Trinajstić information content (AvgIpc) is 3.21. The molecule has 1 aliphatic rings. The minimum Gasteiger partial charge on any atom is -0.491 e. The maximum absolute atomic E-state index is 12.3. The van der Waals surface area contributed by atoms with Crippen LogP contribution in [-0.2, 0) is 17.8 Å². The first-order valence-corrected chi connectivity index (χ1v) is 13.0. The molecule has 0 atom stereocenters. The Morgan fingerprint density at radius 1 is 1.06 bits per heavy atom. The van der Waals surface area contributed by atoms with Crippen LogP contribution < -0.4 is 10.1 Å². The number of carbonyl (C=O) groups excluding carboxylic acids is 1. The van der Waals surface area contributed by atoms with Gasteiger partial charge in [0, 0.05) is 18.9 Å². The highest BCUT2D eigenvalue weighted by Crippen LogP contribution is 2.24. The number of amides is 1. The maximum Gasteiger partial charge on any atom is 0.223 e. The Kier molecular flexibility index (Phi) is 8.62. The first-order chi connectivity index (χ1) is 16.6. The van der Waals surface area contributed by atoms with Crippen LogP contribution in [0, 0.1) is 19.8 Å². The molecule has 1 fully saturated rings. The summed E-state index contributed by atoms with van der Waals surface area (Å²) in [6.45, 7) is 6.36. The van der Waals surface area contributed by atoms with E-state index in [-0.39, 0.29) is 11.8 Å². The average molecular weight is 462 g/mol. The lowest BCUT2D eigenvalue weighted by molar-refractivity contribution is -0.125. The molecule has 2 aromatic carbocycles. The standard InChI is InChI=1S/C29H39N3O2/c1-22-16-17-23(2)27(21-22)34-20-19-32-26-14-9-8-13-25(26)31-28(32)15-7-4-10-18-30-29(33)24-11-5-3-6-12-24/h8-9,13-14,16-17,21,24H,3-7,10-12,15,18-20H2,1-2H3,(H,30,33). The van der Waals surface area contributed by atoms with Gasteiger partial charge in [-0.05, 0) is 68.9 Å². The van der Waals surface area contributed by atoms with Crippen molar-refractivity contribution in [2.24, 2.45) is 5.92 Å². The summed E-state index contributed by atoms with van der Waals surface area (Å²) < 4.78 is 8.45.